The molecule has 2 aromatic rings. The van der Waals surface area contributed by atoms with E-state index in [1.54, 1.807) is 0 Å². The van der Waals surface area contributed by atoms with Crippen LogP contribution in [0.15, 0.2) is 53.0 Å². The van der Waals surface area contributed by atoms with Gasteiger partial charge in [0, 0.05) is 10.5 Å². The van der Waals surface area contributed by atoms with Gasteiger partial charge in [0.1, 0.15) is 0 Å². The van der Waals surface area contributed by atoms with Crippen molar-refractivity contribution >= 4 is 15.9 Å². The Morgan fingerprint density at radius 1 is 1.05 bits per heavy atom. The maximum Gasteiger partial charge on any atom is 0.0338 e. The second-order valence-electron chi connectivity index (χ2n) is 5.69. The second-order valence-corrected chi connectivity index (χ2v) is 6.61. The number of benzene rings is 2. The van der Waals surface area contributed by atoms with Crippen molar-refractivity contribution in [3.8, 4) is 0 Å². The van der Waals surface area contributed by atoms with Gasteiger partial charge in [-0.3, -0.25) is 0 Å². The monoisotopic (exact) mass is 329 g/mol. The minimum absolute atomic E-state index is 0.0907. The lowest BCUT2D eigenvalue weighted by molar-refractivity contribution is 0.415. The summed E-state index contributed by atoms with van der Waals surface area (Å²) in [6.45, 7) is 0. The second kappa shape index (κ2) is 6.11. The molecule has 2 N–H and O–H groups in total. The van der Waals surface area contributed by atoms with Crippen LogP contribution in [0, 0.1) is 0 Å². The van der Waals surface area contributed by atoms with Gasteiger partial charge in [-0.05, 0) is 54.0 Å². The molecule has 104 valence electrons. The van der Waals surface area contributed by atoms with E-state index in [-0.39, 0.29) is 6.04 Å². The van der Waals surface area contributed by atoms with Gasteiger partial charge in [-0.1, -0.05) is 58.7 Å². The van der Waals surface area contributed by atoms with Gasteiger partial charge in [-0.25, -0.2) is 0 Å². The Balaban J connectivity index is 1.79. The van der Waals surface area contributed by atoms with Crippen LogP contribution in [0.3, 0.4) is 0 Å². The zero-order valence-electron chi connectivity index (χ0n) is 11.6. The highest BCUT2D eigenvalue weighted by molar-refractivity contribution is 9.10. The van der Waals surface area contributed by atoms with Crippen LogP contribution in [-0.2, 0) is 6.42 Å². The smallest absolute Gasteiger partial charge is 0.0338 e. The SMILES string of the molecule is NC(Cc1ccc(Br)cc1)c1ccccc1C1CCC1. The molecule has 0 aromatic heterocycles. The normalized spacial score (nSPS) is 16.7. The molecule has 1 saturated carbocycles. The maximum absolute atomic E-state index is 6.47. The van der Waals surface area contributed by atoms with E-state index >= 15 is 0 Å². The van der Waals surface area contributed by atoms with Gasteiger partial charge in [0.15, 0.2) is 0 Å². The molecule has 0 aliphatic heterocycles. The molecule has 1 aliphatic rings. The van der Waals surface area contributed by atoms with Crippen LogP contribution in [0.4, 0.5) is 0 Å². The van der Waals surface area contributed by atoms with Crippen molar-refractivity contribution in [2.24, 2.45) is 5.73 Å². The molecule has 0 spiro atoms. The largest absolute Gasteiger partial charge is 0.324 e. The number of rotatable bonds is 4. The van der Waals surface area contributed by atoms with Crippen LogP contribution >= 0.6 is 15.9 Å². The molecule has 0 radical (unpaired) electrons. The van der Waals surface area contributed by atoms with Gasteiger partial charge < -0.3 is 5.73 Å². The minimum Gasteiger partial charge on any atom is -0.324 e. The van der Waals surface area contributed by atoms with Crippen molar-refractivity contribution in [2.75, 3.05) is 0 Å². The summed E-state index contributed by atoms with van der Waals surface area (Å²) < 4.78 is 1.12. The predicted molar refractivity (Wildman–Crippen MR) is 87.8 cm³/mol. The predicted octanol–water partition coefficient (Wildman–Crippen LogP) is 4.96. The van der Waals surface area contributed by atoms with Gasteiger partial charge in [0.05, 0.1) is 0 Å². The van der Waals surface area contributed by atoms with Crippen LogP contribution in [-0.4, -0.2) is 0 Å². The molecule has 2 heteroatoms. The summed E-state index contributed by atoms with van der Waals surface area (Å²) in [5, 5.41) is 0. The van der Waals surface area contributed by atoms with Crippen LogP contribution in [0.25, 0.3) is 0 Å². The first kappa shape index (κ1) is 13.8. The van der Waals surface area contributed by atoms with E-state index in [0.717, 1.165) is 16.8 Å². The summed E-state index contributed by atoms with van der Waals surface area (Å²) in [5.74, 6) is 0.738. The molecule has 20 heavy (non-hydrogen) atoms. The van der Waals surface area contributed by atoms with Crippen molar-refractivity contribution in [1.29, 1.82) is 0 Å². The lowest BCUT2D eigenvalue weighted by atomic mass is 9.77. The number of halogens is 1. The van der Waals surface area contributed by atoms with Gasteiger partial charge in [-0.15, -0.1) is 0 Å². The van der Waals surface area contributed by atoms with E-state index in [2.05, 4.69) is 64.5 Å². The van der Waals surface area contributed by atoms with Gasteiger partial charge >= 0.3 is 0 Å². The first-order valence-electron chi connectivity index (χ1n) is 7.33. The fourth-order valence-corrected chi connectivity index (χ4v) is 3.19. The zero-order chi connectivity index (χ0) is 13.9. The quantitative estimate of drug-likeness (QED) is 0.842. The zero-order valence-corrected chi connectivity index (χ0v) is 13.1. The molecule has 1 fully saturated rings. The van der Waals surface area contributed by atoms with E-state index < -0.39 is 0 Å². The molecular formula is C18H20BrN. The van der Waals surface area contributed by atoms with Crippen molar-refractivity contribution < 1.29 is 0 Å². The summed E-state index contributed by atoms with van der Waals surface area (Å²) in [5.41, 5.74) is 10.6. The molecule has 3 rings (SSSR count). The Hall–Kier alpha value is -1.12. The van der Waals surface area contributed by atoms with Crippen LogP contribution in [0.1, 0.15) is 47.9 Å². The number of nitrogens with two attached hydrogens (primary N) is 1. The highest BCUT2D eigenvalue weighted by Gasteiger charge is 2.23. The summed E-state index contributed by atoms with van der Waals surface area (Å²) >= 11 is 3.47. The third-order valence-corrected chi connectivity index (χ3v) is 4.84. The Labute approximate surface area is 129 Å². The summed E-state index contributed by atoms with van der Waals surface area (Å²) in [6.07, 6.45) is 4.90. The van der Waals surface area contributed by atoms with Crippen LogP contribution in [0.2, 0.25) is 0 Å². The molecule has 1 nitrogen and oxygen atoms in total. The average molecular weight is 330 g/mol. The minimum atomic E-state index is 0.0907. The summed E-state index contributed by atoms with van der Waals surface area (Å²) in [4.78, 5) is 0. The molecule has 0 bridgehead atoms. The van der Waals surface area contributed by atoms with E-state index in [1.165, 1.54) is 36.0 Å². The molecular weight excluding hydrogens is 310 g/mol. The topological polar surface area (TPSA) is 26.0 Å². The fourth-order valence-electron chi connectivity index (χ4n) is 2.92. The van der Waals surface area contributed by atoms with Crippen LogP contribution < -0.4 is 5.73 Å². The lowest BCUT2D eigenvalue weighted by Gasteiger charge is -2.29. The molecule has 2 aromatic carbocycles. The molecule has 1 unspecified atom stereocenters. The van der Waals surface area contributed by atoms with Gasteiger partial charge in [-0.2, -0.15) is 0 Å². The Morgan fingerprint density at radius 2 is 1.75 bits per heavy atom. The molecule has 0 heterocycles. The van der Waals surface area contributed by atoms with Gasteiger partial charge in [0.2, 0.25) is 0 Å². The first-order valence-corrected chi connectivity index (χ1v) is 8.12. The third-order valence-electron chi connectivity index (χ3n) is 4.31. The summed E-state index contributed by atoms with van der Waals surface area (Å²) in [7, 11) is 0. The number of hydrogen-bond acceptors (Lipinski definition) is 1. The maximum atomic E-state index is 6.47. The van der Waals surface area contributed by atoms with Gasteiger partial charge in [0.25, 0.3) is 0 Å². The van der Waals surface area contributed by atoms with E-state index in [1.807, 2.05) is 0 Å². The highest BCUT2D eigenvalue weighted by atomic mass is 79.9. The molecule has 0 amide bonds. The molecule has 1 aliphatic carbocycles. The van der Waals surface area contributed by atoms with E-state index in [9.17, 15) is 0 Å². The Bertz CT molecular complexity index is 572. The van der Waals surface area contributed by atoms with Crippen molar-refractivity contribution in [3.05, 3.63) is 69.7 Å². The summed E-state index contributed by atoms with van der Waals surface area (Å²) in [6, 6.07) is 17.3. The number of hydrogen-bond donors (Lipinski definition) is 1. The molecule has 0 saturated heterocycles. The standard InChI is InChI=1S/C18H20BrN/c19-15-10-8-13(9-11-15)12-18(20)17-7-2-1-6-16(17)14-4-3-5-14/h1-2,6-11,14,18H,3-5,12,20H2. The van der Waals surface area contributed by atoms with Crippen molar-refractivity contribution in [1.82, 2.24) is 0 Å². The van der Waals surface area contributed by atoms with Crippen molar-refractivity contribution in [2.45, 2.75) is 37.6 Å². The van der Waals surface area contributed by atoms with Crippen LogP contribution in [0.5, 0.6) is 0 Å². The third kappa shape index (κ3) is 2.97. The lowest BCUT2D eigenvalue weighted by Crippen LogP contribution is -2.19. The van der Waals surface area contributed by atoms with E-state index in [0.29, 0.717) is 0 Å². The average Bonchev–Trinajstić information content (AvgIpc) is 2.40. The fraction of sp³-hybridized carbons (Fsp3) is 0.333. The Kier molecular flexibility index (Phi) is 4.23. The first-order chi connectivity index (χ1) is 9.74. The van der Waals surface area contributed by atoms with E-state index in [4.69, 9.17) is 5.73 Å². The molecule has 1 atom stereocenters. The highest BCUT2D eigenvalue weighted by Crippen LogP contribution is 2.39. The van der Waals surface area contributed by atoms with Crippen molar-refractivity contribution in [3.63, 3.8) is 0 Å². The Morgan fingerprint density at radius 3 is 2.40 bits per heavy atom.